The third-order valence-corrected chi connectivity index (χ3v) is 3.61. The second kappa shape index (κ2) is 6.87. The maximum atomic E-state index is 12.1. The molecule has 2 N–H and O–H groups in total. The molecule has 24 heavy (non-hydrogen) atoms. The maximum absolute atomic E-state index is 12.1. The summed E-state index contributed by atoms with van der Waals surface area (Å²) in [5.41, 5.74) is 2.18. The molecule has 1 aromatic carbocycles. The van der Waals surface area contributed by atoms with Gasteiger partial charge in [-0.25, -0.2) is 0 Å². The summed E-state index contributed by atoms with van der Waals surface area (Å²) in [5.74, 6) is -1.43. The zero-order valence-corrected chi connectivity index (χ0v) is 13.1. The Balaban J connectivity index is 1.66. The largest absolute Gasteiger partial charge is 0.341 e. The van der Waals surface area contributed by atoms with Crippen LogP contribution in [-0.2, 0) is 9.59 Å². The Labute approximate surface area is 138 Å². The number of anilines is 1. The minimum absolute atomic E-state index is 0.291. The minimum Gasteiger partial charge on any atom is -0.341 e. The molecule has 6 heteroatoms. The SMILES string of the molecule is C[C@H](NC(=O)C(=O)Nc1cnc2ccccc2c1)c1ccncc1. The summed E-state index contributed by atoms with van der Waals surface area (Å²) in [6, 6.07) is 12.6. The van der Waals surface area contributed by atoms with Crippen molar-refractivity contribution in [1.82, 2.24) is 15.3 Å². The van der Waals surface area contributed by atoms with Gasteiger partial charge in [-0.3, -0.25) is 19.6 Å². The quantitative estimate of drug-likeness (QED) is 0.726. The van der Waals surface area contributed by atoms with Crippen molar-refractivity contribution in [3.63, 3.8) is 0 Å². The molecule has 0 unspecified atom stereocenters. The van der Waals surface area contributed by atoms with Crippen LogP contribution in [0, 0.1) is 0 Å². The molecular weight excluding hydrogens is 304 g/mol. The third-order valence-electron chi connectivity index (χ3n) is 3.61. The highest BCUT2D eigenvalue weighted by atomic mass is 16.2. The molecule has 0 saturated heterocycles. The highest BCUT2D eigenvalue weighted by Gasteiger charge is 2.17. The maximum Gasteiger partial charge on any atom is 0.313 e. The molecule has 0 radical (unpaired) electrons. The van der Waals surface area contributed by atoms with Crippen molar-refractivity contribution in [2.75, 3.05) is 5.32 Å². The Hall–Kier alpha value is -3.28. The van der Waals surface area contributed by atoms with Crippen molar-refractivity contribution in [3.05, 3.63) is 66.6 Å². The molecule has 1 atom stereocenters. The van der Waals surface area contributed by atoms with Gasteiger partial charge in [-0.1, -0.05) is 18.2 Å². The molecule has 0 aliphatic rings. The van der Waals surface area contributed by atoms with Gasteiger partial charge in [0.25, 0.3) is 0 Å². The fourth-order valence-corrected chi connectivity index (χ4v) is 2.32. The van der Waals surface area contributed by atoms with E-state index in [4.69, 9.17) is 0 Å². The van der Waals surface area contributed by atoms with E-state index >= 15 is 0 Å². The van der Waals surface area contributed by atoms with Crippen LogP contribution in [0.4, 0.5) is 5.69 Å². The molecule has 0 bridgehead atoms. The average Bonchev–Trinajstić information content (AvgIpc) is 2.62. The Morgan fingerprint density at radius 3 is 2.58 bits per heavy atom. The van der Waals surface area contributed by atoms with Crippen LogP contribution in [0.25, 0.3) is 10.9 Å². The van der Waals surface area contributed by atoms with Crippen molar-refractivity contribution in [2.45, 2.75) is 13.0 Å². The van der Waals surface area contributed by atoms with E-state index in [9.17, 15) is 9.59 Å². The van der Waals surface area contributed by atoms with Gasteiger partial charge in [0.2, 0.25) is 0 Å². The number of hydrogen-bond donors (Lipinski definition) is 2. The smallest absolute Gasteiger partial charge is 0.313 e. The second-order valence-electron chi connectivity index (χ2n) is 5.35. The topological polar surface area (TPSA) is 84.0 Å². The highest BCUT2D eigenvalue weighted by Crippen LogP contribution is 2.16. The number of carbonyl (C=O) groups excluding carboxylic acids is 2. The van der Waals surface area contributed by atoms with E-state index in [1.54, 1.807) is 37.5 Å². The number of aromatic nitrogens is 2. The van der Waals surface area contributed by atoms with Gasteiger partial charge in [0.15, 0.2) is 0 Å². The van der Waals surface area contributed by atoms with Crippen LogP contribution in [0.15, 0.2) is 61.1 Å². The van der Waals surface area contributed by atoms with Crippen molar-refractivity contribution in [2.24, 2.45) is 0 Å². The lowest BCUT2D eigenvalue weighted by atomic mass is 10.1. The standard InChI is InChI=1S/C18H16N4O2/c1-12(13-6-8-19-9-7-13)21-17(23)18(24)22-15-10-14-4-2-3-5-16(14)20-11-15/h2-12H,1H3,(H,21,23)(H,22,24)/t12-/m0/s1. The zero-order chi connectivity index (χ0) is 16.9. The normalized spacial score (nSPS) is 11.7. The van der Waals surface area contributed by atoms with Gasteiger partial charge in [0, 0.05) is 17.8 Å². The van der Waals surface area contributed by atoms with Crippen molar-refractivity contribution < 1.29 is 9.59 Å². The Kier molecular flexibility index (Phi) is 4.47. The molecule has 0 aliphatic carbocycles. The van der Waals surface area contributed by atoms with E-state index in [0.29, 0.717) is 5.69 Å². The third kappa shape index (κ3) is 3.55. The summed E-state index contributed by atoms with van der Waals surface area (Å²) in [7, 11) is 0. The summed E-state index contributed by atoms with van der Waals surface area (Å²) in [6.45, 7) is 1.80. The predicted molar refractivity (Wildman–Crippen MR) is 91.2 cm³/mol. The van der Waals surface area contributed by atoms with Gasteiger partial charge in [0.1, 0.15) is 0 Å². The average molecular weight is 320 g/mol. The van der Waals surface area contributed by atoms with Crippen molar-refractivity contribution in [1.29, 1.82) is 0 Å². The van der Waals surface area contributed by atoms with Crippen LogP contribution >= 0.6 is 0 Å². The molecule has 0 aliphatic heterocycles. The zero-order valence-electron chi connectivity index (χ0n) is 13.1. The number of carbonyl (C=O) groups is 2. The molecule has 120 valence electrons. The molecule has 0 saturated carbocycles. The number of para-hydroxylation sites is 1. The summed E-state index contributed by atoms with van der Waals surface area (Å²) in [6.07, 6.45) is 4.80. The number of fused-ring (bicyclic) bond motifs is 1. The highest BCUT2D eigenvalue weighted by molar-refractivity contribution is 6.39. The fraction of sp³-hybridized carbons (Fsp3) is 0.111. The second-order valence-corrected chi connectivity index (χ2v) is 5.35. The number of nitrogens with zero attached hydrogens (tertiary/aromatic N) is 2. The van der Waals surface area contributed by atoms with Crippen molar-refractivity contribution in [3.8, 4) is 0 Å². The predicted octanol–water partition coefficient (Wildman–Crippen LogP) is 2.45. The molecule has 3 rings (SSSR count). The number of benzene rings is 1. The van der Waals surface area contributed by atoms with Gasteiger partial charge in [-0.2, -0.15) is 0 Å². The Morgan fingerprint density at radius 2 is 1.79 bits per heavy atom. The van der Waals surface area contributed by atoms with E-state index in [1.165, 1.54) is 6.20 Å². The lowest BCUT2D eigenvalue weighted by Crippen LogP contribution is -2.36. The number of pyridine rings is 2. The summed E-state index contributed by atoms with van der Waals surface area (Å²) in [4.78, 5) is 32.3. The molecule has 0 fully saturated rings. The lowest BCUT2D eigenvalue weighted by molar-refractivity contribution is -0.136. The van der Waals surface area contributed by atoms with Gasteiger partial charge in [-0.15, -0.1) is 0 Å². The number of amides is 2. The van der Waals surface area contributed by atoms with Crippen LogP contribution < -0.4 is 10.6 Å². The summed E-state index contributed by atoms with van der Waals surface area (Å²) < 4.78 is 0. The molecule has 3 aromatic rings. The number of nitrogens with one attached hydrogen (secondary N) is 2. The molecular formula is C18H16N4O2. The first-order valence-corrected chi connectivity index (χ1v) is 7.50. The summed E-state index contributed by atoms with van der Waals surface area (Å²) >= 11 is 0. The monoisotopic (exact) mass is 320 g/mol. The van der Waals surface area contributed by atoms with Crippen LogP contribution in [-0.4, -0.2) is 21.8 Å². The number of hydrogen-bond acceptors (Lipinski definition) is 4. The lowest BCUT2D eigenvalue weighted by Gasteiger charge is -2.13. The molecule has 6 nitrogen and oxygen atoms in total. The van der Waals surface area contributed by atoms with E-state index in [0.717, 1.165) is 16.5 Å². The summed E-state index contributed by atoms with van der Waals surface area (Å²) in [5, 5.41) is 6.11. The first kappa shape index (κ1) is 15.6. The first-order valence-electron chi connectivity index (χ1n) is 7.50. The van der Waals surface area contributed by atoms with Crippen LogP contribution in [0.1, 0.15) is 18.5 Å². The van der Waals surface area contributed by atoms with Crippen LogP contribution in [0.2, 0.25) is 0 Å². The van der Waals surface area contributed by atoms with Gasteiger partial charge in [0.05, 0.1) is 23.4 Å². The van der Waals surface area contributed by atoms with Gasteiger partial charge in [-0.05, 0) is 36.8 Å². The van der Waals surface area contributed by atoms with Gasteiger partial charge >= 0.3 is 11.8 Å². The molecule has 2 amide bonds. The Bertz CT molecular complexity index is 880. The van der Waals surface area contributed by atoms with E-state index < -0.39 is 11.8 Å². The first-order chi connectivity index (χ1) is 11.6. The molecule has 2 heterocycles. The Morgan fingerprint density at radius 1 is 1.04 bits per heavy atom. The van der Waals surface area contributed by atoms with Crippen LogP contribution in [0.3, 0.4) is 0 Å². The van der Waals surface area contributed by atoms with Crippen molar-refractivity contribution >= 4 is 28.4 Å². The molecule has 2 aromatic heterocycles. The van der Waals surface area contributed by atoms with Crippen LogP contribution in [0.5, 0.6) is 0 Å². The van der Waals surface area contributed by atoms with E-state index in [1.807, 2.05) is 24.3 Å². The van der Waals surface area contributed by atoms with Gasteiger partial charge < -0.3 is 10.6 Å². The van der Waals surface area contributed by atoms with E-state index in [-0.39, 0.29) is 6.04 Å². The van der Waals surface area contributed by atoms with E-state index in [2.05, 4.69) is 20.6 Å². The fourth-order valence-electron chi connectivity index (χ4n) is 2.32. The number of rotatable bonds is 3. The molecule has 0 spiro atoms. The minimum atomic E-state index is -0.729.